The Balaban J connectivity index is 1.88. The van der Waals surface area contributed by atoms with E-state index in [0.29, 0.717) is 11.6 Å². The van der Waals surface area contributed by atoms with E-state index in [1.807, 2.05) is 18.2 Å². The van der Waals surface area contributed by atoms with E-state index in [9.17, 15) is 0 Å². The first-order valence-electron chi connectivity index (χ1n) is 6.08. The molecule has 2 heterocycles. The first-order chi connectivity index (χ1) is 8.81. The van der Waals surface area contributed by atoms with Crippen molar-refractivity contribution in [1.82, 2.24) is 4.98 Å². The summed E-state index contributed by atoms with van der Waals surface area (Å²) in [4.78, 5) is 7.12. The minimum atomic E-state index is 0.673. The van der Waals surface area contributed by atoms with E-state index in [2.05, 4.69) is 11.1 Å². The maximum absolute atomic E-state index is 5.90. The van der Waals surface area contributed by atoms with Gasteiger partial charge in [0.2, 0.25) is 5.89 Å². The van der Waals surface area contributed by atoms with Gasteiger partial charge in [0.25, 0.3) is 0 Å². The van der Waals surface area contributed by atoms with Gasteiger partial charge in [0, 0.05) is 4.88 Å². The zero-order valence-corrected chi connectivity index (χ0v) is 10.6. The molecular formula is C14H12N2OS. The average molecular weight is 256 g/mol. The molecule has 0 spiro atoms. The van der Waals surface area contributed by atoms with Gasteiger partial charge in [-0.3, -0.25) is 0 Å². The Morgan fingerprint density at radius 3 is 3.06 bits per heavy atom. The number of nitrogens with zero attached hydrogens (tertiary/aromatic N) is 1. The predicted molar refractivity (Wildman–Crippen MR) is 73.8 cm³/mol. The Morgan fingerprint density at radius 1 is 1.28 bits per heavy atom. The van der Waals surface area contributed by atoms with Crippen molar-refractivity contribution in [2.75, 3.05) is 5.73 Å². The lowest BCUT2D eigenvalue weighted by Gasteiger charge is -1.89. The SMILES string of the molecule is Nc1cccc2oc(-c3cc4c(s3)CCC4)nc12. The molecule has 18 heavy (non-hydrogen) atoms. The highest BCUT2D eigenvalue weighted by Gasteiger charge is 2.18. The highest BCUT2D eigenvalue weighted by atomic mass is 32.1. The molecule has 1 aliphatic carbocycles. The Hall–Kier alpha value is -1.81. The lowest BCUT2D eigenvalue weighted by Crippen LogP contribution is -1.84. The van der Waals surface area contributed by atoms with Crippen molar-refractivity contribution in [2.24, 2.45) is 0 Å². The number of aryl methyl sites for hydroxylation is 2. The lowest BCUT2D eigenvalue weighted by atomic mass is 10.2. The van der Waals surface area contributed by atoms with Crippen LogP contribution in [0, 0.1) is 0 Å². The van der Waals surface area contributed by atoms with Crippen molar-refractivity contribution in [3.63, 3.8) is 0 Å². The van der Waals surface area contributed by atoms with Crippen LogP contribution in [0.25, 0.3) is 21.9 Å². The van der Waals surface area contributed by atoms with Gasteiger partial charge in [-0.1, -0.05) is 6.07 Å². The standard InChI is InChI=1S/C14H12N2OS/c15-9-4-2-5-10-13(9)16-14(17-10)12-7-8-3-1-6-11(8)18-12/h2,4-5,7H,1,3,6,15H2. The third-order valence-corrected chi connectivity index (χ3v) is 4.63. The zero-order chi connectivity index (χ0) is 12.1. The fraction of sp³-hybridized carbons (Fsp3) is 0.214. The molecule has 90 valence electrons. The second-order valence-electron chi connectivity index (χ2n) is 4.63. The van der Waals surface area contributed by atoms with E-state index >= 15 is 0 Å². The Labute approximate surface area is 108 Å². The van der Waals surface area contributed by atoms with Crippen molar-refractivity contribution in [2.45, 2.75) is 19.3 Å². The molecule has 0 atom stereocenters. The van der Waals surface area contributed by atoms with E-state index in [-0.39, 0.29) is 0 Å². The second-order valence-corrected chi connectivity index (χ2v) is 5.76. The minimum Gasteiger partial charge on any atom is -0.435 e. The van der Waals surface area contributed by atoms with Crippen LogP contribution in [0.4, 0.5) is 5.69 Å². The number of thiophene rings is 1. The first-order valence-corrected chi connectivity index (χ1v) is 6.90. The summed E-state index contributed by atoms with van der Waals surface area (Å²) >= 11 is 1.80. The van der Waals surface area contributed by atoms with Crippen LogP contribution >= 0.6 is 11.3 Å². The van der Waals surface area contributed by atoms with E-state index in [1.165, 1.54) is 29.7 Å². The number of hydrogen-bond donors (Lipinski definition) is 1. The largest absolute Gasteiger partial charge is 0.435 e. The first kappa shape index (κ1) is 10.1. The van der Waals surface area contributed by atoms with Crippen LogP contribution in [0.1, 0.15) is 16.9 Å². The van der Waals surface area contributed by atoms with Crippen LogP contribution in [0.2, 0.25) is 0 Å². The second kappa shape index (κ2) is 3.59. The molecule has 0 saturated heterocycles. The van der Waals surface area contributed by atoms with Crippen LogP contribution in [0.15, 0.2) is 28.7 Å². The summed E-state index contributed by atoms with van der Waals surface area (Å²) in [5.41, 5.74) is 9.56. The highest BCUT2D eigenvalue weighted by molar-refractivity contribution is 7.15. The topological polar surface area (TPSA) is 52.0 Å². The van der Waals surface area contributed by atoms with E-state index < -0.39 is 0 Å². The lowest BCUT2D eigenvalue weighted by molar-refractivity contribution is 0.621. The van der Waals surface area contributed by atoms with Gasteiger partial charge in [-0.15, -0.1) is 11.3 Å². The number of benzene rings is 1. The molecule has 0 bridgehead atoms. The van der Waals surface area contributed by atoms with Gasteiger partial charge in [-0.25, -0.2) is 4.98 Å². The summed E-state index contributed by atoms with van der Waals surface area (Å²) in [7, 11) is 0. The number of aromatic nitrogens is 1. The minimum absolute atomic E-state index is 0.673. The van der Waals surface area contributed by atoms with Gasteiger partial charge in [0.15, 0.2) is 5.58 Å². The van der Waals surface area contributed by atoms with Gasteiger partial charge < -0.3 is 10.2 Å². The van der Waals surface area contributed by atoms with Gasteiger partial charge in [0.05, 0.1) is 10.6 Å². The van der Waals surface area contributed by atoms with E-state index in [1.54, 1.807) is 11.3 Å². The molecule has 0 radical (unpaired) electrons. The van der Waals surface area contributed by atoms with Crippen molar-refractivity contribution < 1.29 is 4.42 Å². The number of rotatable bonds is 1. The number of para-hydroxylation sites is 1. The highest BCUT2D eigenvalue weighted by Crippen LogP contribution is 2.37. The molecule has 1 aliphatic rings. The quantitative estimate of drug-likeness (QED) is 0.676. The molecule has 0 saturated carbocycles. The fourth-order valence-corrected chi connectivity index (χ4v) is 3.69. The van der Waals surface area contributed by atoms with Crippen LogP contribution in [-0.4, -0.2) is 4.98 Å². The summed E-state index contributed by atoms with van der Waals surface area (Å²) < 4.78 is 5.79. The molecule has 1 aromatic carbocycles. The molecule has 3 nitrogen and oxygen atoms in total. The predicted octanol–water partition coefficient (Wildman–Crippen LogP) is 3.63. The van der Waals surface area contributed by atoms with Crippen LogP contribution in [-0.2, 0) is 12.8 Å². The molecule has 4 rings (SSSR count). The summed E-state index contributed by atoms with van der Waals surface area (Å²) in [6, 6.07) is 7.86. The molecule has 0 aliphatic heterocycles. The number of oxazole rings is 1. The molecule has 0 fully saturated rings. The molecular weight excluding hydrogens is 244 g/mol. The zero-order valence-electron chi connectivity index (χ0n) is 9.77. The number of anilines is 1. The Morgan fingerprint density at radius 2 is 2.22 bits per heavy atom. The monoisotopic (exact) mass is 256 g/mol. The number of nitrogen functional groups attached to an aromatic ring is 1. The number of nitrogens with two attached hydrogens (primary N) is 1. The number of fused-ring (bicyclic) bond motifs is 2. The summed E-state index contributed by atoms with van der Waals surface area (Å²) in [5, 5.41) is 0. The van der Waals surface area contributed by atoms with Crippen molar-refractivity contribution in [1.29, 1.82) is 0 Å². The third kappa shape index (κ3) is 1.39. The van der Waals surface area contributed by atoms with E-state index in [0.717, 1.165) is 16.0 Å². The van der Waals surface area contributed by atoms with Crippen LogP contribution in [0.3, 0.4) is 0 Å². The fourth-order valence-electron chi connectivity index (χ4n) is 2.51. The van der Waals surface area contributed by atoms with Crippen molar-refractivity contribution in [3.05, 3.63) is 34.7 Å². The normalized spacial score (nSPS) is 14.2. The summed E-state index contributed by atoms with van der Waals surface area (Å²) in [5.74, 6) is 0.697. The summed E-state index contributed by atoms with van der Waals surface area (Å²) in [6.45, 7) is 0. The molecule has 2 aromatic heterocycles. The maximum Gasteiger partial charge on any atom is 0.237 e. The van der Waals surface area contributed by atoms with E-state index in [4.69, 9.17) is 10.2 Å². The smallest absolute Gasteiger partial charge is 0.237 e. The molecule has 0 amide bonds. The van der Waals surface area contributed by atoms with Crippen LogP contribution in [0.5, 0.6) is 0 Å². The van der Waals surface area contributed by atoms with Gasteiger partial charge in [-0.05, 0) is 43.0 Å². The number of hydrogen-bond acceptors (Lipinski definition) is 4. The molecule has 2 N–H and O–H groups in total. The van der Waals surface area contributed by atoms with Crippen molar-refractivity contribution >= 4 is 28.1 Å². The van der Waals surface area contributed by atoms with Crippen LogP contribution < -0.4 is 5.73 Å². The molecule has 4 heteroatoms. The Bertz CT molecular complexity index is 720. The van der Waals surface area contributed by atoms with Gasteiger partial charge in [0.1, 0.15) is 5.52 Å². The maximum atomic E-state index is 5.90. The van der Waals surface area contributed by atoms with Gasteiger partial charge in [-0.2, -0.15) is 0 Å². The molecule has 0 unspecified atom stereocenters. The Kier molecular flexibility index (Phi) is 2.02. The van der Waals surface area contributed by atoms with Gasteiger partial charge >= 0.3 is 0 Å². The average Bonchev–Trinajstić information content (AvgIpc) is 3.01. The van der Waals surface area contributed by atoms with Crippen molar-refractivity contribution in [3.8, 4) is 10.8 Å². The molecule has 3 aromatic rings. The summed E-state index contributed by atoms with van der Waals surface area (Å²) in [6.07, 6.45) is 3.67. The third-order valence-electron chi connectivity index (χ3n) is 3.41.